The lowest BCUT2D eigenvalue weighted by atomic mass is 10.0. The van der Waals surface area contributed by atoms with Crippen LogP contribution in [0.15, 0.2) is 21.5 Å². The summed E-state index contributed by atoms with van der Waals surface area (Å²) in [6.45, 7) is 0. The van der Waals surface area contributed by atoms with Gasteiger partial charge in [0.1, 0.15) is 6.10 Å². The quantitative estimate of drug-likeness (QED) is 0.744. The van der Waals surface area contributed by atoms with Gasteiger partial charge in [-0.3, -0.25) is 4.79 Å². The summed E-state index contributed by atoms with van der Waals surface area (Å²) in [5.74, 6) is 0. The number of halogens is 1. The summed E-state index contributed by atoms with van der Waals surface area (Å²) >= 11 is 3.12. The number of rotatable bonds is 3. The van der Waals surface area contributed by atoms with E-state index in [1.54, 1.807) is 6.07 Å². The molecule has 0 aliphatic heterocycles. The third-order valence-corrected chi connectivity index (χ3v) is 2.34. The molecule has 0 saturated carbocycles. The molecule has 0 amide bonds. The molecule has 6 heteroatoms. The molecule has 1 heterocycles. The van der Waals surface area contributed by atoms with Crippen LogP contribution in [-0.2, 0) is 0 Å². The van der Waals surface area contributed by atoms with Gasteiger partial charge in [-0.25, -0.2) is 0 Å². The number of pyridine rings is 1. The van der Waals surface area contributed by atoms with E-state index in [4.69, 9.17) is 5.26 Å². The second-order valence-electron chi connectivity index (χ2n) is 2.98. The molecule has 15 heavy (non-hydrogen) atoms. The summed E-state index contributed by atoms with van der Waals surface area (Å²) in [5, 5.41) is 27.3. The summed E-state index contributed by atoms with van der Waals surface area (Å²) in [6.07, 6.45) is -1.42. The lowest BCUT2D eigenvalue weighted by Crippen LogP contribution is -2.24. The second kappa shape index (κ2) is 5.07. The third-order valence-electron chi connectivity index (χ3n) is 1.88. The van der Waals surface area contributed by atoms with Gasteiger partial charge >= 0.3 is 0 Å². The minimum atomic E-state index is -1.36. The Labute approximate surface area is 94.1 Å². The summed E-state index contributed by atoms with van der Waals surface area (Å²) in [4.78, 5) is 13.7. The van der Waals surface area contributed by atoms with Crippen molar-refractivity contribution in [1.82, 2.24) is 4.98 Å². The van der Waals surface area contributed by atoms with Crippen molar-refractivity contribution in [3.63, 3.8) is 0 Å². The molecule has 1 aromatic rings. The highest BCUT2D eigenvalue weighted by Crippen LogP contribution is 2.18. The van der Waals surface area contributed by atoms with Crippen molar-refractivity contribution in [1.29, 1.82) is 5.26 Å². The van der Waals surface area contributed by atoms with Crippen LogP contribution in [0.5, 0.6) is 0 Å². The summed E-state index contributed by atoms with van der Waals surface area (Å²) in [7, 11) is 0. The van der Waals surface area contributed by atoms with Crippen molar-refractivity contribution in [2.75, 3.05) is 0 Å². The molecule has 0 radical (unpaired) electrons. The average Bonchev–Trinajstić information content (AvgIpc) is 2.21. The lowest BCUT2D eigenvalue weighted by molar-refractivity contribution is 0.0207. The zero-order valence-corrected chi connectivity index (χ0v) is 9.23. The molecule has 80 valence electrons. The second-order valence-corrected chi connectivity index (χ2v) is 3.89. The first kappa shape index (κ1) is 11.9. The predicted octanol–water partition coefficient (Wildman–Crippen LogP) is 0.445. The van der Waals surface area contributed by atoms with E-state index in [2.05, 4.69) is 20.9 Å². The lowest BCUT2D eigenvalue weighted by Gasteiger charge is -2.14. The van der Waals surface area contributed by atoms with Gasteiger partial charge in [0.15, 0.2) is 0 Å². The zero-order valence-electron chi connectivity index (χ0n) is 7.64. The Hall–Kier alpha value is -1.16. The van der Waals surface area contributed by atoms with Crippen LogP contribution in [-0.4, -0.2) is 21.3 Å². The molecule has 0 bridgehead atoms. The number of nitrogens with one attached hydrogen (secondary N) is 1. The molecule has 0 aliphatic rings. The molecule has 0 fully saturated rings. The maximum atomic E-state index is 11.3. The molecule has 0 saturated heterocycles. The standard InChI is InChI=1S/C9H9BrN2O3/c10-5-3-6(9(15)12-4-5)8(14)7(13)1-2-11/h3-4,7-8,13-14H,1H2,(H,12,15). The number of nitrogens with zero attached hydrogens (tertiary/aromatic N) is 1. The fraction of sp³-hybridized carbons (Fsp3) is 0.333. The Balaban J connectivity index is 3.01. The van der Waals surface area contributed by atoms with Crippen LogP contribution in [0.2, 0.25) is 0 Å². The SMILES string of the molecule is N#CCC(O)C(O)c1cc(Br)c[nH]c1=O. The number of aromatic nitrogens is 1. The molecule has 0 aromatic carbocycles. The molecule has 0 aliphatic carbocycles. The number of hydrogen-bond donors (Lipinski definition) is 3. The van der Waals surface area contributed by atoms with Crippen molar-refractivity contribution < 1.29 is 10.2 Å². The minimum absolute atomic E-state index is 0.0344. The van der Waals surface area contributed by atoms with Gasteiger partial charge in [-0.1, -0.05) is 0 Å². The molecular weight excluding hydrogens is 264 g/mol. The Morgan fingerprint density at radius 1 is 1.60 bits per heavy atom. The number of nitriles is 1. The van der Waals surface area contributed by atoms with Crippen LogP contribution < -0.4 is 5.56 Å². The molecule has 0 spiro atoms. The maximum Gasteiger partial charge on any atom is 0.253 e. The van der Waals surface area contributed by atoms with Crippen molar-refractivity contribution in [3.8, 4) is 6.07 Å². The fourth-order valence-electron chi connectivity index (χ4n) is 1.11. The molecule has 2 atom stereocenters. The molecule has 3 N–H and O–H groups in total. The Morgan fingerprint density at radius 2 is 2.27 bits per heavy atom. The Kier molecular flexibility index (Phi) is 4.03. The maximum absolute atomic E-state index is 11.3. The minimum Gasteiger partial charge on any atom is -0.389 e. The van der Waals surface area contributed by atoms with E-state index in [1.807, 2.05) is 0 Å². The monoisotopic (exact) mass is 272 g/mol. The molecular formula is C9H9BrN2O3. The number of aliphatic hydroxyl groups is 2. The molecule has 1 aromatic heterocycles. The van der Waals surface area contributed by atoms with Crippen molar-refractivity contribution in [2.24, 2.45) is 0 Å². The van der Waals surface area contributed by atoms with E-state index in [9.17, 15) is 15.0 Å². The summed E-state index contributed by atoms with van der Waals surface area (Å²) in [5.41, 5.74) is -0.449. The molecule has 2 unspecified atom stereocenters. The average molecular weight is 273 g/mol. The number of hydrogen-bond acceptors (Lipinski definition) is 4. The van der Waals surface area contributed by atoms with Gasteiger partial charge in [0.25, 0.3) is 5.56 Å². The molecule has 5 nitrogen and oxygen atoms in total. The van der Waals surface area contributed by atoms with Gasteiger partial charge in [0.2, 0.25) is 0 Å². The third kappa shape index (κ3) is 2.89. The zero-order chi connectivity index (χ0) is 11.4. The topological polar surface area (TPSA) is 97.1 Å². The first-order valence-electron chi connectivity index (χ1n) is 4.17. The normalized spacial score (nSPS) is 14.3. The first-order valence-corrected chi connectivity index (χ1v) is 4.96. The van der Waals surface area contributed by atoms with Crippen LogP contribution in [0, 0.1) is 11.3 Å². The van der Waals surface area contributed by atoms with Gasteiger partial charge in [0.05, 0.1) is 18.6 Å². The van der Waals surface area contributed by atoms with Crippen molar-refractivity contribution >= 4 is 15.9 Å². The van der Waals surface area contributed by atoms with E-state index in [0.717, 1.165) is 0 Å². The van der Waals surface area contributed by atoms with Gasteiger partial charge in [-0.15, -0.1) is 0 Å². The Morgan fingerprint density at radius 3 is 2.87 bits per heavy atom. The van der Waals surface area contributed by atoms with Gasteiger partial charge in [-0.2, -0.15) is 5.26 Å². The highest BCUT2D eigenvalue weighted by atomic mass is 79.9. The van der Waals surface area contributed by atoms with Gasteiger partial charge < -0.3 is 15.2 Å². The van der Waals surface area contributed by atoms with Crippen LogP contribution in [0.1, 0.15) is 18.1 Å². The van der Waals surface area contributed by atoms with Gasteiger partial charge in [0, 0.05) is 16.2 Å². The number of aliphatic hydroxyl groups excluding tert-OH is 2. The summed E-state index contributed by atoms with van der Waals surface area (Å²) in [6, 6.07) is 3.13. The van der Waals surface area contributed by atoms with Crippen molar-refractivity contribution in [3.05, 3.63) is 32.7 Å². The van der Waals surface area contributed by atoms with Crippen LogP contribution in [0.4, 0.5) is 0 Å². The molecule has 1 rings (SSSR count). The van der Waals surface area contributed by atoms with E-state index >= 15 is 0 Å². The van der Waals surface area contributed by atoms with Crippen LogP contribution >= 0.6 is 15.9 Å². The summed E-state index contributed by atoms with van der Waals surface area (Å²) < 4.78 is 0.584. The van der Waals surface area contributed by atoms with Crippen LogP contribution in [0.25, 0.3) is 0 Å². The fourth-order valence-corrected chi connectivity index (χ4v) is 1.47. The highest BCUT2D eigenvalue weighted by Gasteiger charge is 2.20. The number of H-pyrrole nitrogens is 1. The van der Waals surface area contributed by atoms with E-state index in [1.165, 1.54) is 12.3 Å². The van der Waals surface area contributed by atoms with E-state index in [-0.39, 0.29) is 12.0 Å². The van der Waals surface area contributed by atoms with Crippen molar-refractivity contribution in [2.45, 2.75) is 18.6 Å². The van der Waals surface area contributed by atoms with Gasteiger partial charge in [-0.05, 0) is 22.0 Å². The first-order chi connectivity index (χ1) is 7.06. The van der Waals surface area contributed by atoms with E-state index in [0.29, 0.717) is 4.47 Å². The highest BCUT2D eigenvalue weighted by molar-refractivity contribution is 9.10. The van der Waals surface area contributed by atoms with Crippen LogP contribution in [0.3, 0.4) is 0 Å². The predicted molar refractivity (Wildman–Crippen MR) is 56.0 cm³/mol. The van der Waals surface area contributed by atoms with E-state index < -0.39 is 17.8 Å². The smallest absolute Gasteiger partial charge is 0.253 e. The number of aromatic amines is 1. The largest absolute Gasteiger partial charge is 0.389 e. The Bertz CT molecular complexity index is 438.